The topological polar surface area (TPSA) is 75.2 Å². The zero-order chi connectivity index (χ0) is 21.1. The molecule has 1 saturated heterocycles. The zero-order valence-corrected chi connectivity index (χ0v) is 19.0. The molecule has 2 aliphatic rings. The molecule has 1 amide bonds. The maximum atomic E-state index is 12.0. The van der Waals surface area contributed by atoms with Crippen molar-refractivity contribution in [1.82, 2.24) is 15.5 Å². The average Bonchev–Trinajstić information content (AvgIpc) is 2.93. The van der Waals surface area contributed by atoms with Gasteiger partial charge in [-0.2, -0.15) is 0 Å². The summed E-state index contributed by atoms with van der Waals surface area (Å²) in [4.78, 5) is 18.6. The van der Waals surface area contributed by atoms with Crippen LogP contribution in [0.1, 0.15) is 78.6 Å². The van der Waals surface area contributed by atoms with Gasteiger partial charge in [-0.05, 0) is 52.9 Å². The molecule has 29 heavy (non-hydrogen) atoms. The van der Waals surface area contributed by atoms with Crippen molar-refractivity contribution in [3.05, 3.63) is 0 Å². The van der Waals surface area contributed by atoms with E-state index in [-0.39, 0.29) is 12.1 Å². The van der Waals surface area contributed by atoms with Crippen LogP contribution in [0.2, 0.25) is 0 Å². The lowest BCUT2D eigenvalue weighted by Crippen LogP contribution is -2.44. The number of nitrogens with zero attached hydrogens (tertiary/aromatic N) is 2. The number of aliphatic imine (C=N–C) groups is 1. The van der Waals surface area contributed by atoms with Crippen LogP contribution in [0.5, 0.6) is 0 Å². The normalized spacial score (nSPS) is 21.7. The second-order valence-corrected chi connectivity index (χ2v) is 9.24. The molecular weight excluding hydrogens is 368 g/mol. The standard InChI is InChI=1S/C22H42N4O3/c1-22(2,3)29-21(27)25-18-13-15-26(17-18)20(23-4)24-14-9-10-16-28-19-11-7-5-6-8-12-19/h18-19H,5-17H2,1-4H3,(H,23,24)(H,25,27). The quantitative estimate of drug-likeness (QED) is 0.290. The molecule has 2 N–H and O–H groups in total. The van der Waals surface area contributed by atoms with Gasteiger partial charge >= 0.3 is 6.09 Å². The van der Waals surface area contributed by atoms with Crippen LogP contribution >= 0.6 is 0 Å². The number of alkyl carbamates (subject to hydrolysis) is 1. The number of unbranched alkanes of at least 4 members (excludes halogenated alkanes) is 1. The van der Waals surface area contributed by atoms with Crippen LogP contribution in [0, 0.1) is 0 Å². The minimum atomic E-state index is -0.472. The molecule has 1 heterocycles. The third-order valence-electron chi connectivity index (χ3n) is 5.43. The van der Waals surface area contributed by atoms with E-state index in [0.717, 1.165) is 51.5 Å². The molecule has 0 radical (unpaired) electrons. The highest BCUT2D eigenvalue weighted by molar-refractivity contribution is 5.80. The molecule has 168 valence electrons. The molecule has 2 fully saturated rings. The zero-order valence-electron chi connectivity index (χ0n) is 19.0. The lowest BCUT2D eigenvalue weighted by molar-refractivity contribution is 0.0411. The van der Waals surface area contributed by atoms with E-state index in [9.17, 15) is 4.79 Å². The third kappa shape index (κ3) is 9.70. The van der Waals surface area contributed by atoms with Crippen molar-refractivity contribution in [2.75, 3.05) is 33.3 Å². The maximum Gasteiger partial charge on any atom is 0.407 e. The highest BCUT2D eigenvalue weighted by Crippen LogP contribution is 2.20. The number of hydrogen-bond donors (Lipinski definition) is 2. The first-order valence-corrected chi connectivity index (χ1v) is 11.4. The molecule has 1 atom stereocenters. The summed E-state index contributed by atoms with van der Waals surface area (Å²) in [5, 5.41) is 6.41. The first-order chi connectivity index (χ1) is 13.9. The Balaban J connectivity index is 1.58. The van der Waals surface area contributed by atoms with Crippen molar-refractivity contribution in [1.29, 1.82) is 0 Å². The number of carbonyl (C=O) groups is 1. The van der Waals surface area contributed by atoms with Gasteiger partial charge in [0.25, 0.3) is 0 Å². The summed E-state index contributed by atoms with van der Waals surface area (Å²) in [5.74, 6) is 0.906. The number of likely N-dealkylation sites (tertiary alicyclic amines) is 1. The summed E-state index contributed by atoms with van der Waals surface area (Å²) in [6.45, 7) is 9.01. The number of nitrogens with one attached hydrogen (secondary N) is 2. The van der Waals surface area contributed by atoms with Gasteiger partial charge < -0.3 is 25.0 Å². The van der Waals surface area contributed by atoms with Crippen LogP contribution in [-0.2, 0) is 9.47 Å². The number of rotatable bonds is 7. The van der Waals surface area contributed by atoms with E-state index >= 15 is 0 Å². The van der Waals surface area contributed by atoms with Gasteiger partial charge in [0.15, 0.2) is 5.96 Å². The lowest BCUT2D eigenvalue weighted by atomic mass is 10.1. The fourth-order valence-corrected chi connectivity index (χ4v) is 3.96. The minimum Gasteiger partial charge on any atom is -0.444 e. The molecule has 0 bridgehead atoms. The fourth-order valence-electron chi connectivity index (χ4n) is 3.96. The lowest BCUT2D eigenvalue weighted by Gasteiger charge is -2.23. The van der Waals surface area contributed by atoms with E-state index < -0.39 is 5.60 Å². The average molecular weight is 411 g/mol. The minimum absolute atomic E-state index is 0.0939. The predicted octanol–water partition coefficient (Wildman–Crippen LogP) is 3.68. The molecule has 7 nitrogen and oxygen atoms in total. The molecule has 1 aliphatic heterocycles. The molecule has 0 aromatic rings. The van der Waals surface area contributed by atoms with Crippen LogP contribution in [0.15, 0.2) is 4.99 Å². The van der Waals surface area contributed by atoms with E-state index in [4.69, 9.17) is 9.47 Å². The fraction of sp³-hybridized carbons (Fsp3) is 0.909. The SMILES string of the molecule is CN=C(NCCCCOC1CCCCCC1)N1CCC(NC(=O)OC(C)(C)C)C1. The first kappa shape index (κ1) is 23.8. The van der Waals surface area contributed by atoms with Crippen LogP contribution in [0.4, 0.5) is 4.79 Å². The summed E-state index contributed by atoms with van der Waals surface area (Å²) in [7, 11) is 1.81. The number of ether oxygens (including phenoxy) is 2. The van der Waals surface area contributed by atoms with Crippen molar-refractivity contribution < 1.29 is 14.3 Å². The second-order valence-electron chi connectivity index (χ2n) is 9.24. The Labute approximate surface area is 177 Å². The van der Waals surface area contributed by atoms with Gasteiger partial charge in [-0.25, -0.2) is 4.79 Å². The summed E-state index contributed by atoms with van der Waals surface area (Å²) < 4.78 is 11.4. The van der Waals surface area contributed by atoms with Crippen molar-refractivity contribution in [3.63, 3.8) is 0 Å². The highest BCUT2D eigenvalue weighted by atomic mass is 16.6. The van der Waals surface area contributed by atoms with E-state index in [1.165, 1.54) is 38.5 Å². The molecule has 1 unspecified atom stereocenters. The van der Waals surface area contributed by atoms with Gasteiger partial charge in [0, 0.05) is 33.3 Å². The van der Waals surface area contributed by atoms with Crippen molar-refractivity contribution in [2.24, 2.45) is 4.99 Å². The van der Waals surface area contributed by atoms with Crippen LogP contribution in [0.25, 0.3) is 0 Å². The van der Waals surface area contributed by atoms with Gasteiger partial charge in [-0.1, -0.05) is 25.7 Å². The Morgan fingerprint density at radius 3 is 2.48 bits per heavy atom. The molecular formula is C22H42N4O3. The van der Waals surface area contributed by atoms with Gasteiger partial charge in [0.2, 0.25) is 0 Å². The van der Waals surface area contributed by atoms with Crippen LogP contribution < -0.4 is 10.6 Å². The molecule has 0 aromatic heterocycles. The molecule has 0 aromatic carbocycles. The number of carbonyl (C=O) groups excluding carboxylic acids is 1. The molecule has 0 spiro atoms. The largest absolute Gasteiger partial charge is 0.444 e. The first-order valence-electron chi connectivity index (χ1n) is 11.4. The van der Waals surface area contributed by atoms with Crippen molar-refractivity contribution in [3.8, 4) is 0 Å². The Bertz CT molecular complexity index is 511. The van der Waals surface area contributed by atoms with E-state index in [2.05, 4.69) is 20.5 Å². The van der Waals surface area contributed by atoms with E-state index in [0.29, 0.717) is 6.10 Å². The summed E-state index contributed by atoms with van der Waals surface area (Å²) in [6, 6.07) is 0.0939. The second kappa shape index (κ2) is 12.3. The molecule has 7 heteroatoms. The third-order valence-corrected chi connectivity index (χ3v) is 5.43. The molecule has 1 aliphatic carbocycles. The predicted molar refractivity (Wildman–Crippen MR) is 117 cm³/mol. The van der Waals surface area contributed by atoms with Gasteiger partial charge in [0.05, 0.1) is 12.1 Å². The summed E-state index contributed by atoms with van der Waals surface area (Å²) >= 11 is 0. The van der Waals surface area contributed by atoms with Gasteiger partial charge in [0.1, 0.15) is 5.60 Å². The maximum absolute atomic E-state index is 12.0. The molecule has 1 saturated carbocycles. The Kier molecular flexibility index (Phi) is 10.0. The van der Waals surface area contributed by atoms with Gasteiger partial charge in [-0.3, -0.25) is 4.99 Å². The van der Waals surface area contributed by atoms with Crippen LogP contribution in [0.3, 0.4) is 0 Å². The Morgan fingerprint density at radius 1 is 1.10 bits per heavy atom. The smallest absolute Gasteiger partial charge is 0.407 e. The number of amides is 1. The van der Waals surface area contributed by atoms with Gasteiger partial charge in [-0.15, -0.1) is 0 Å². The summed E-state index contributed by atoms with van der Waals surface area (Å²) in [5.41, 5.74) is -0.472. The summed E-state index contributed by atoms with van der Waals surface area (Å²) in [6.07, 6.45) is 11.0. The molecule has 2 rings (SSSR count). The Hall–Kier alpha value is -1.50. The van der Waals surface area contributed by atoms with E-state index in [1.54, 1.807) is 0 Å². The van der Waals surface area contributed by atoms with Crippen molar-refractivity contribution >= 4 is 12.1 Å². The number of hydrogen-bond acceptors (Lipinski definition) is 4. The highest BCUT2D eigenvalue weighted by Gasteiger charge is 2.27. The van der Waals surface area contributed by atoms with Crippen LogP contribution in [-0.4, -0.2) is 68.0 Å². The van der Waals surface area contributed by atoms with Crippen molar-refractivity contribution in [2.45, 2.75) is 96.3 Å². The monoisotopic (exact) mass is 410 g/mol. The van der Waals surface area contributed by atoms with E-state index in [1.807, 2.05) is 27.8 Å². The Morgan fingerprint density at radius 2 is 1.83 bits per heavy atom. The number of guanidine groups is 1.